The van der Waals surface area contributed by atoms with Crippen molar-refractivity contribution in [3.8, 4) is 5.69 Å². The van der Waals surface area contributed by atoms with Gasteiger partial charge in [0.1, 0.15) is 5.82 Å². The Morgan fingerprint density at radius 1 is 1.42 bits per heavy atom. The van der Waals surface area contributed by atoms with Crippen molar-refractivity contribution >= 4 is 40.3 Å². The van der Waals surface area contributed by atoms with Crippen LogP contribution in [0.25, 0.3) is 5.69 Å². The fraction of sp³-hybridized carbons (Fsp3) is 0.250. The van der Waals surface area contributed by atoms with Crippen molar-refractivity contribution in [3.63, 3.8) is 0 Å². The third kappa shape index (κ3) is 3.27. The molecule has 0 unspecified atom stereocenters. The minimum atomic E-state index is -0.861. The fourth-order valence-electron chi connectivity index (χ4n) is 1.62. The molecule has 5 nitrogen and oxygen atoms in total. The first-order valence-corrected chi connectivity index (χ1v) is 7.73. The van der Waals surface area contributed by atoms with Gasteiger partial charge in [-0.05, 0) is 34.7 Å². The predicted molar refractivity (Wildman–Crippen MR) is 81.8 cm³/mol. The highest BCUT2D eigenvalue weighted by Crippen LogP contribution is 2.25. The lowest BCUT2D eigenvalue weighted by Gasteiger charge is -2.10. The summed E-state index contributed by atoms with van der Waals surface area (Å²) in [7, 11) is 0. The van der Waals surface area contributed by atoms with Gasteiger partial charge in [-0.1, -0.05) is 30.8 Å². The molecule has 1 aromatic heterocycles. The molecule has 2 rings (SSSR count). The second-order valence-corrected chi connectivity index (χ2v) is 5.83. The molecule has 1 N–H and O–H groups in total. The number of carboxylic acids is 1. The van der Waals surface area contributed by atoms with Crippen LogP contribution in [-0.2, 0) is 11.2 Å². The molecule has 0 aliphatic heterocycles. The van der Waals surface area contributed by atoms with Crippen LogP contribution < -0.4 is 0 Å². The van der Waals surface area contributed by atoms with Gasteiger partial charge in [-0.25, -0.2) is 0 Å². The van der Waals surface area contributed by atoms with Gasteiger partial charge in [-0.15, -0.1) is 10.2 Å². The van der Waals surface area contributed by atoms with Crippen LogP contribution in [0.15, 0.2) is 29.4 Å². The van der Waals surface area contributed by atoms with Gasteiger partial charge in [-0.3, -0.25) is 9.36 Å². The van der Waals surface area contributed by atoms with Crippen LogP contribution in [0.2, 0.25) is 0 Å². The molecule has 0 fully saturated rings. The number of aryl methyl sites for hydroxylation is 1. The molecule has 0 saturated carbocycles. The number of hydrogen-bond acceptors (Lipinski definition) is 4. The van der Waals surface area contributed by atoms with Crippen LogP contribution >= 0.6 is 34.4 Å². The lowest BCUT2D eigenvalue weighted by atomic mass is 10.3. The van der Waals surface area contributed by atoms with E-state index in [-0.39, 0.29) is 5.75 Å². The molecular weight excluding hydrogens is 377 g/mol. The third-order valence-electron chi connectivity index (χ3n) is 2.43. The second kappa shape index (κ2) is 6.38. The number of carboxylic acid groups (broad SMARTS) is 1. The summed E-state index contributed by atoms with van der Waals surface area (Å²) in [5.41, 5.74) is 0.984. The van der Waals surface area contributed by atoms with E-state index < -0.39 is 5.97 Å². The van der Waals surface area contributed by atoms with E-state index in [0.717, 1.165) is 21.5 Å². The Bertz CT molecular complexity index is 600. The highest BCUT2D eigenvalue weighted by Gasteiger charge is 2.15. The smallest absolute Gasteiger partial charge is 0.313 e. The van der Waals surface area contributed by atoms with Gasteiger partial charge in [-0.2, -0.15) is 0 Å². The predicted octanol–water partition coefficient (Wildman–Crippen LogP) is 2.61. The minimum absolute atomic E-state index is 0.0226. The van der Waals surface area contributed by atoms with Gasteiger partial charge in [0.25, 0.3) is 0 Å². The van der Waals surface area contributed by atoms with Crippen molar-refractivity contribution in [1.29, 1.82) is 0 Å². The quantitative estimate of drug-likeness (QED) is 0.629. The fourth-order valence-corrected chi connectivity index (χ4v) is 2.94. The molecular formula is C12H12IN3O2S. The van der Waals surface area contributed by atoms with Crippen molar-refractivity contribution in [2.45, 2.75) is 18.5 Å². The number of halogens is 1. The largest absolute Gasteiger partial charge is 0.481 e. The molecule has 0 aliphatic carbocycles. The summed E-state index contributed by atoms with van der Waals surface area (Å²) >= 11 is 3.43. The topological polar surface area (TPSA) is 68.0 Å². The maximum atomic E-state index is 10.7. The average molecular weight is 389 g/mol. The lowest BCUT2D eigenvalue weighted by molar-refractivity contribution is -0.133. The lowest BCUT2D eigenvalue weighted by Crippen LogP contribution is -2.05. The molecule has 7 heteroatoms. The van der Waals surface area contributed by atoms with Crippen molar-refractivity contribution in [2.75, 3.05) is 5.75 Å². The molecule has 100 valence electrons. The van der Waals surface area contributed by atoms with Gasteiger partial charge in [0.15, 0.2) is 5.16 Å². The van der Waals surface area contributed by atoms with Crippen LogP contribution in [0, 0.1) is 3.57 Å². The zero-order chi connectivity index (χ0) is 13.8. The van der Waals surface area contributed by atoms with Gasteiger partial charge >= 0.3 is 5.97 Å². The van der Waals surface area contributed by atoms with Crippen LogP contribution in [0.1, 0.15) is 12.7 Å². The molecule has 0 atom stereocenters. The number of thioether (sulfide) groups is 1. The summed E-state index contributed by atoms with van der Waals surface area (Å²) in [6, 6.07) is 7.89. The van der Waals surface area contributed by atoms with Crippen LogP contribution in [0.4, 0.5) is 0 Å². The first-order valence-electron chi connectivity index (χ1n) is 5.67. The second-order valence-electron chi connectivity index (χ2n) is 3.72. The molecule has 0 amide bonds. The number of aromatic nitrogens is 3. The van der Waals surface area contributed by atoms with Crippen LogP contribution in [0.3, 0.4) is 0 Å². The monoisotopic (exact) mass is 389 g/mol. The number of aliphatic carboxylic acids is 1. The van der Waals surface area contributed by atoms with Crippen LogP contribution in [0.5, 0.6) is 0 Å². The summed E-state index contributed by atoms with van der Waals surface area (Å²) in [5, 5.41) is 17.6. The van der Waals surface area contributed by atoms with E-state index in [1.807, 2.05) is 35.8 Å². The zero-order valence-corrected chi connectivity index (χ0v) is 13.2. The molecule has 1 aromatic carbocycles. The van der Waals surface area contributed by atoms with Crippen molar-refractivity contribution < 1.29 is 9.90 Å². The van der Waals surface area contributed by atoms with E-state index in [9.17, 15) is 4.79 Å². The highest BCUT2D eigenvalue weighted by molar-refractivity contribution is 14.1. The van der Waals surface area contributed by atoms with E-state index in [1.165, 1.54) is 11.8 Å². The Hall–Kier alpha value is -1.09. The average Bonchev–Trinajstić information content (AvgIpc) is 2.79. The van der Waals surface area contributed by atoms with Crippen molar-refractivity contribution in [1.82, 2.24) is 14.8 Å². The van der Waals surface area contributed by atoms with E-state index >= 15 is 0 Å². The number of hydrogen-bond donors (Lipinski definition) is 1. The van der Waals surface area contributed by atoms with Gasteiger partial charge in [0.05, 0.1) is 11.4 Å². The number of nitrogens with zero attached hydrogens (tertiary/aromatic N) is 3. The first kappa shape index (κ1) is 14.3. The van der Waals surface area contributed by atoms with E-state index in [2.05, 4.69) is 32.8 Å². The summed E-state index contributed by atoms with van der Waals surface area (Å²) in [4.78, 5) is 10.7. The maximum absolute atomic E-state index is 10.7. The molecule has 0 bridgehead atoms. The summed E-state index contributed by atoms with van der Waals surface area (Å²) in [6.45, 7) is 2.00. The number of benzene rings is 1. The molecule has 0 aliphatic rings. The van der Waals surface area contributed by atoms with Crippen molar-refractivity contribution in [3.05, 3.63) is 33.7 Å². The molecule has 0 saturated heterocycles. The third-order valence-corrected chi connectivity index (χ3v) is 4.26. The summed E-state index contributed by atoms with van der Waals surface area (Å²) in [6.07, 6.45) is 0.742. The summed E-state index contributed by atoms with van der Waals surface area (Å²) in [5.74, 6) is -0.0528. The molecule has 0 spiro atoms. The Labute approximate surface area is 128 Å². The first-order chi connectivity index (χ1) is 9.13. The number of para-hydroxylation sites is 1. The van der Waals surface area contributed by atoms with E-state index in [0.29, 0.717) is 5.16 Å². The highest BCUT2D eigenvalue weighted by atomic mass is 127. The number of rotatable bonds is 5. The maximum Gasteiger partial charge on any atom is 0.313 e. The standard InChI is InChI=1S/C12H12IN3O2S/c1-2-10-14-15-12(19-7-11(17)18)16(10)9-6-4-3-5-8(9)13/h3-6H,2,7H2,1H3,(H,17,18). The summed E-state index contributed by atoms with van der Waals surface area (Å²) < 4.78 is 3.00. The Morgan fingerprint density at radius 3 is 2.79 bits per heavy atom. The van der Waals surface area contributed by atoms with Crippen LogP contribution in [-0.4, -0.2) is 31.6 Å². The van der Waals surface area contributed by atoms with Crippen molar-refractivity contribution in [2.24, 2.45) is 0 Å². The normalized spacial score (nSPS) is 10.6. The number of carbonyl (C=O) groups is 1. The van der Waals surface area contributed by atoms with Gasteiger partial charge in [0.2, 0.25) is 0 Å². The van der Waals surface area contributed by atoms with E-state index in [1.54, 1.807) is 0 Å². The minimum Gasteiger partial charge on any atom is -0.481 e. The zero-order valence-electron chi connectivity index (χ0n) is 10.2. The SMILES string of the molecule is CCc1nnc(SCC(=O)O)n1-c1ccccc1I. The molecule has 19 heavy (non-hydrogen) atoms. The Balaban J connectivity index is 2.45. The van der Waals surface area contributed by atoms with E-state index in [4.69, 9.17) is 5.11 Å². The molecule has 1 heterocycles. The van der Waals surface area contributed by atoms with Gasteiger partial charge < -0.3 is 5.11 Å². The Morgan fingerprint density at radius 2 is 2.16 bits per heavy atom. The van der Waals surface area contributed by atoms with Gasteiger partial charge in [0, 0.05) is 9.99 Å². The molecule has 0 radical (unpaired) electrons. The molecule has 2 aromatic rings. The Kier molecular flexibility index (Phi) is 4.81.